The maximum atomic E-state index is 6.19. The van der Waals surface area contributed by atoms with Crippen LogP contribution in [0, 0.1) is 0 Å². The zero-order chi connectivity index (χ0) is 14.8. The van der Waals surface area contributed by atoms with Crippen molar-refractivity contribution in [2.45, 2.75) is 12.8 Å². The molecular weight excluding hydrogens is 309 g/mol. The highest BCUT2D eigenvalue weighted by Crippen LogP contribution is 2.33. The minimum Gasteiger partial charge on any atom is -0.393 e. The Balaban J connectivity index is 1.92. The van der Waals surface area contributed by atoms with Gasteiger partial charge >= 0.3 is 0 Å². The summed E-state index contributed by atoms with van der Waals surface area (Å²) in [5.74, 6) is 1.30. The molecule has 0 spiro atoms. The normalized spacial score (nSPS) is 14.5. The number of nitrogen functional groups attached to an aromatic ring is 1. The van der Waals surface area contributed by atoms with Crippen LogP contribution >= 0.6 is 23.2 Å². The number of benzene rings is 1. The molecule has 0 radical (unpaired) electrons. The minimum atomic E-state index is 0.524. The molecule has 0 aliphatic carbocycles. The molecule has 0 amide bonds. The van der Waals surface area contributed by atoms with Crippen molar-refractivity contribution in [1.82, 2.24) is 9.97 Å². The van der Waals surface area contributed by atoms with Crippen molar-refractivity contribution in [2.75, 3.05) is 29.0 Å². The molecule has 1 saturated heterocycles. The fraction of sp³-hybridized carbons (Fsp3) is 0.286. The SMILES string of the molecule is Nc1c(Nc2cc(Cl)ccc2Cl)ncnc1N1CCCC1. The van der Waals surface area contributed by atoms with Gasteiger partial charge in [0, 0.05) is 18.1 Å². The standard InChI is InChI=1S/C14H15Cl2N5/c15-9-3-4-10(16)11(7-9)20-13-12(17)14(19-8-18-13)21-5-1-2-6-21/h3-4,7-8H,1-2,5-6,17H2,(H,18,19,20). The second-order valence-electron chi connectivity index (χ2n) is 4.90. The van der Waals surface area contributed by atoms with E-state index >= 15 is 0 Å². The van der Waals surface area contributed by atoms with Gasteiger partial charge in [-0.15, -0.1) is 0 Å². The fourth-order valence-electron chi connectivity index (χ4n) is 2.39. The number of rotatable bonds is 3. The van der Waals surface area contributed by atoms with Crippen LogP contribution in [0.3, 0.4) is 0 Å². The predicted octanol–water partition coefficient (Wildman–Crippen LogP) is 3.71. The number of nitrogens with one attached hydrogen (secondary N) is 1. The first-order valence-electron chi connectivity index (χ1n) is 6.72. The lowest BCUT2D eigenvalue weighted by atomic mass is 10.3. The lowest BCUT2D eigenvalue weighted by molar-refractivity contribution is 0.931. The van der Waals surface area contributed by atoms with Crippen LogP contribution in [0.15, 0.2) is 24.5 Å². The highest BCUT2D eigenvalue weighted by Gasteiger charge is 2.18. The van der Waals surface area contributed by atoms with Crippen molar-refractivity contribution in [3.63, 3.8) is 0 Å². The van der Waals surface area contributed by atoms with Crippen LogP contribution < -0.4 is 16.0 Å². The summed E-state index contributed by atoms with van der Waals surface area (Å²) in [5, 5.41) is 4.27. The third-order valence-corrected chi connectivity index (χ3v) is 4.01. The summed E-state index contributed by atoms with van der Waals surface area (Å²) in [4.78, 5) is 10.7. The zero-order valence-corrected chi connectivity index (χ0v) is 12.8. The van der Waals surface area contributed by atoms with Gasteiger partial charge in [0.05, 0.1) is 10.7 Å². The van der Waals surface area contributed by atoms with Crippen molar-refractivity contribution in [3.05, 3.63) is 34.6 Å². The van der Waals surface area contributed by atoms with Crippen LogP contribution in [0.25, 0.3) is 0 Å². The van der Waals surface area contributed by atoms with E-state index < -0.39 is 0 Å². The van der Waals surface area contributed by atoms with E-state index in [0.29, 0.717) is 27.2 Å². The first-order valence-corrected chi connectivity index (χ1v) is 7.48. The van der Waals surface area contributed by atoms with E-state index in [1.54, 1.807) is 18.2 Å². The number of hydrogen-bond acceptors (Lipinski definition) is 5. The van der Waals surface area contributed by atoms with Crippen LogP contribution in [0.5, 0.6) is 0 Å². The first kappa shape index (κ1) is 14.2. The molecule has 1 aliphatic rings. The molecule has 110 valence electrons. The van der Waals surface area contributed by atoms with Crippen molar-refractivity contribution in [1.29, 1.82) is 0 Å². The van der Waals surface area contributed by atoms with Crippen LogP contribution in [-0.4, -0.2) is 23.1 Å². The molecule has 3 rings (SSSR count). The van der Waals surface area contributed by atoms with Crippen LogP contribution in [-0.2, 0) is 0 Å². The Bertz CT molecular complexity index is 656. The van der Waals surface area contributed by atoms with Crippen molar-refractivity contribution < 1.29 is 0 Å². The maximum absolute atomic E-state index is 6.19. The van der Waals surface area contributed by atoms with Gasteiger partial charge in [-0.05, 0) is 31.0 Å². The summed E-state index contributed by atoms with van der Waals surface area (Å²) in [5.41, 5.74) is 7.39. The van der Waals surface area contributed by atoms with Crippen molar-refractivity contribution in [3.8, 4) is 0 Å². The number of nitrogens with two attached hydrogens (primary N) is 1. The number of halogens is 2. The number of nitrogens with zero attached hydrogens (tertiary/aromatic N) is 3. The quantitative estimate of drug-likeness (QED) is 0.901. The van der Waals surface area contributed by atoms with Crippen LogP contribution in [0.4, 0.5) is 23.0 Å². The lowest BCUT2D eigenvalue weighted by Crippen LogP contribution is -2.21. The molecule has 2 aromatic rings. The molecule has 5 nitrogen and oxygen atoms in total. The molecule has 0 atom stereocenters. The van der Waals surface area contributed by atoms with Gasteiger partial charge in [-0.1, -0.05) is 23.2 Å². The van der Waals surface area contributed by atoms with Gasteiger partial charge in [-0.25, -0.2) is 9.97 Å². The van der Waals surface area contributed by atoms with Gasteiger partial charge in [0.1, 0.15) is 12.0 Å². The van der Waals surface area contributed by atoms with E-state index in [9.17, 15) is 0 Å². The first-order chi connectivity index (χ1) is 10.1. The summed E-state index contributed by atoms with van der Waals surface area (Å²) < 4.78 is 0. The van der Waals surface area contributed by atoms with E-state index in [2.05, 4.69) is 20.2 Å². The molecule has 3 N–H and O–H groups in total. The summed E-state index contributed by atoms with van der Waals surface area (Å²) in [6, 6.07) is 5.19. The third kappa shape index (κ3) is 2.99. The van der Waals surface area contributed by atoms with E-state index in [0.717, 1.165) is 31.7 Å². The highest BCUT2D eigenvalue weighted by molar-refractivity contribution is 6.35. The Kier molecular flexibility index (Phi) is 4.03. The lowest BCUT2D eigenvalue weighted by Gasteiger charge is -2.19. The average molecular weight is 324 g/mol. The maximum Gasteiger partial charge on any atom is 0.159 e. The average Bonchev–Trinajstić information content (AvgIpc) is 2.99. The van der Waals surface area contributed by atoms with Crippen LogP contribution in [0.1, 0.15) is 12.8 Å². The van der Waals surface area contributed by atoms with E-state index in [4.69, 9.17) is 28.9 Å². The van der Waals surface area contributed by atoms with Gasteiger partial charge < -0.3 is 16.0 Å². The number of hydrogen-bond donors (Lipinski definition) is 2. The fourth-order valence-corrected chi connectivity index (χ4v) is 2.72. The zero-order valence-electron chi connectivity index (χ0n) is 11.3. The van der Waals surface area contributed by atoms with Crippen molar-refractivity contribution >= 4 is 46.2 Å². The summed E-state index contributed by atoms with van der Waals surface area (Å²) in [6.45, 7) is 1.94. The molecular formula is C14H15Cl2N5. The predicted molar refractivity (Wildman–Crippen MR) is 87.6 cm³/mol. The topological polar surface area (TPSA) is 67.1 Å². The third-order valence-electron chi connectivity index (χ3n) is 3.45. The molecule has 1 aromatic heterocycles. The Morgan fingerprint density at radius 1 is 1.14 bits per heavy atom. The Labute approximate surface area is 133 Å². The molecule has 1 fully saturated rings. The Morgan fingerprint density at radius 2 is 1.90 bits per heavy atom. The molecule has 1 aliphatic heterocycles. The highest BCUT2D eigenvalue weighted by atomic mass is 35.5. The molecule has 0 saturated carbocycles. The molecule has 2 heterocycles. The Hall–Kier alpha value is -1.72. The monoisotopic (exact) mass is 323 g/mol. The second kappa shape index (κ2) is 5.95. The minimum absolute atomic E-state index is 0.524. The number of aromatic nitrogens is 2. The Morgan fingerprint density at radius 3 is 2.67 bits per heavy atom. The van der Waals surface area contributed by atoms with Crippen molar-refractivity contribution in [2.24, 2.45) is 0 Å². The van der Waals surface area contributed by atoms with E-state index in [-0.39, 0.29) is 0 Å². The van der Waals surface area contributed by atoms with Crippen LogP contribution in [0.2, 0.25) is 10.0 Å². The summed E-state index contributed by atoms with van der Waals surface area (Å²) in [7, 11) is 0. The largest absolute Gasteiger partial charge is 0.393 e. The van der Waals surface area contributed by atoms with Gasteiger partial charge in [0.25, 0.3) is 0 Å². The summed E-state index contributed by atoms with van der Waals surface area (Å²) >= 11 is 12.1. The summed E-state index contributed by atoms with van der Waals surface area (Å²) in [6.07, 6.45) is 3.82. The van der Waals surface area contributed by atoms with Gasteiger partial charge in [0.15, 0.2) is 11.6 Å². The van der Waals surface area contributed by atoms with Gasteiger partial charge in [-0.2, -0.15) is 0 Å². The molecule has 7 heteroatoms. The van der Waals surface area contributed by atoms with E-state index in [1.807, 2.05) is 0 Å². The molecule has 0 unspecified atom stereocenters. The molecule has 1 aromatic carbocycles. The molecule has 21 heavy (non-hydrogen) atoms. The smallest absolute Gasteiger partial charge is 0.159 e. The second-order valence-corrected chi connectivity index (χ2v) is 5.75. The van der Waals surface area contributed by atoms with E-state index in [1.165, 1.54) is 6.33 Å². The van der Waals surface area contributed by atoms with Gasteiger partial charge in [0.2, 0.25) is 0 Å². The number of anilines is 4. The van der Waals surface area contributed by atoms with Gasteiger partial charge in [-0.3, -0.25) is 0 Å². The molecule has 0 bridgehead atoms.